The number of aromatic nitrogens is 4. The highest BCUT2D eigenvalue weighted by molar-refractivity contribution is 7.98. The number of carbonyl (C=O) groups is 1. The maximum atomic E-state index is 12.7. The van der Waals surface area contributed by atoms with E-state index in [0.717, 1.165) is 10.8 Å². The van der Waals surface area contributed by atoms with Crippen molar-refractivity contribution in [2.24, 2.45) is 0 Å². The molecule has 2 aromatic carbocycles. The fourth-order valence-corrected chi connectivity index (χ4v) is 3.35. The van der Waals surface area contributed by atoms with E-state index in [4.69, 9.17) is 0 Å². The van der Waals surface area contributed by atoms with E-state index in [0.29, 0.717) is 22.6 Å². The van der Waals surface area contributed by atoms with Gasteiger partial charge in [-0.3, -0.25) is 9.36 Å². The lowest BCUT2D eigenvalue weighted by molar-refractivity contribution is 0.102. The van der Waals surface area contributed by atoms with Crippen molar-refractivity contribution < 1.29 is 9.90 Å². The van der Waals surface area contributed by atoms with Crippen molar-refractivity contribution in [3.05, 3.63) is 78.9 Å². The summed E-state index contributed by atoms with van der Waals surface area (Å²) in [6.07, 6.45) is 8.61. The molecule has 0 bridgehead atoms. The standard InChI is InChI=1S/C21H17N5O2S/c1-29-21-22-8-9-26(21)17-6-2-5-15(10-17)20(28)25-16-12-23-19(24-13-16)14-4-3-7-18(27)11-14/h2-13,27H,1H3,(H,25,28). The molecule has 0 aliphatic heterocycles. The van der Waals surface area contributed by atoms with Gasteiger partial charge in [0.05, 0.1) is 18.1 Å². The highest BCUT2D eigenvalue weighted by Gasteiger charge is 2.10. The molecular weight excluding hydrogens is 386 g/mol. The number of hydrogen-bond acceptors (Lipinski definition) is 6. The van der Waals surface area contributed by atoms with Gasteiger partial charge in [-0.25, -0.2) is 15.0 Å². The summed E-state index contributed by atoms with van der Waals surface area (Å²) in [5.74, 6) is 0.350. The average molecular weight is 403 g/mol. The second kappa shape index (κ2) is 8.15. The number of thioether (sulfide) groups is 1. The molecule has 0 radical (unpaired) electrons. The number of aromatic hydroxyl groups is 1. The molecule has 0 aliphatic rings. The Morgan fingerprint density at radius 2 is 1.86 bits per heavy atom. The maximum Gasteiger partial charge on any atom is 0.255 e. The van der Waals surface area contributed by atoms with Gasteiger partial charge in [0.1, 0.15) is 5.75 Å². The molecule has 2 heterocycles. The summed E-state index contributed by atoms with van der Waals surface area (Å²) in [6, 6.07) is 14.0. The van der Waals surface area contributed by atoms with Crippen LogP contribution in [0.15, 0.2) is 78.5 Å². The van der Waals surface area contributed by atoms with Gasteiger partial charge in [-0.1, -0.05) is 30.0 Å². The first kappa shape index (κ1) is 18.7. The number of imidazole rings is 1. The van der Waals surface area contributed by atoms with E-state index >= 15 is 0 Å². The third-order valence-electron chi connectivity index (χ3n) is 4.19. The van der Waals surface area contributed by atoms with Crippen molar-refractivity contribution in [1.82, 2.24) is 19.5 Å². The van der Waals surface area contributed by atoms with Crippen molar-refractivity contribution in [2.45, 2.75) is 5.16 Å². The highest BCUT2D eigenvalue weighted by Crippen LogP contribution is 2.21. The number of nitrogens with one attached hydrogen (secondary N) is 1. The van der Waals surface area contributed by atoms with Crippen LogP contribution in [-0.2, 0) is 0 Å². The van der Waals surface area contributed by atoms with Crippen molar-refractivity contribution >= 4 is 23.4 Å². The molecule has 0 unspecified atom stereocenters. The summed E-state index contributed by atoms with van der Waals surface area (Å²) in [7, 11) is 0. The van der Waals surface area contributed by atoms with Crippen molar-refractivity contribution in [1.29, 1.82) is 0 Å². The quantitative estimate of drug-likeness (QED) is 0.489. The van der Waals surface area contributed by atoms with Gasteiger partial charge >= 0.3 is 0 Å². The van der Waals surface area contributed by atoms with Gasteiger partial charge in [0.25, 0.3) is 5.91 Å². The van der Waals surface area contributed by atoms with Crippen molar-refractivity contribution in [3.8, 4) is 22.8 Å². The summed E-state index contributed by atoms with van der Waals surface area (Å²) >= 11 is 1.53. The smallest absolute Gasteiger partial charge is 0.255 e. The second-order valence-corrected chi connectivity index (χ2v) is 6.91. The van der Waals surface area contributed by atoms with Gasteiger partial charge in [-0.2, -0.15) is 0 Å². The van der Waals surface area contributed by atoms with Crippen LogP contribution in [0, 0.1) is 0 Å². The number of anilines is 1. The highest BCUT2D eigenvalue weighted by atomic mass is 32.2. The normalized spacial score (nSPS) is 10.7. The summed E-state index contributed by atoms with van der Waals surface area (Å²) in [5, 5.41) is 13.2. The maximum absolute atomic E-state index is 12.7. The minimum absolute atomic E-state index is 0.144. The second-order valence-electron chi connectivity index (χ2n) is 6.13. The number of phenols is 1. The zero-order valence-electron chi connectivity index (χ0n) is 15.5. The molecule has 4 aromatic rings. The van der Waals surface area contributed by atoms with Crippen LogP contribution in [0.25, 0.3) is 17.1 Å². The monoisotopic (exact) mass is 403 g/mol. The first-order valence-corrected chi connectivity index (χ1v) is 9.97. The van der Waals surface area contributed by atoms with Gasteiger partial charge < -0.3 is 10.4 Å². The molecular formula is C21H17N5O2S. The lowest BCUT2D eigenvalue weighted by atomic mass is 10.2. The van der Waals surface area contributed by atoms with Crippen molar-refractivity contribution in [3.63, 3.8) is 0 Å². The van der Waals surface area contributed by atoms with E-state index < -0.39 is 0 Å². The predicted molar refractivity (Wildman–Crippen MR) is 112 cm³/mol. The number of hydrogen-bond donors (Lipinski definition) is 2. The van der Waals surface area contributed by atoms with Crippen LogP contribution in [0.4, 0.5) is 5.69 Å². The fourth-order valence-electron chi connectivity index (χ4n) is 2.82. The number of nitrogens with zero attached hydrogens (tertiary/aromatic N) is 4. The number of rotatable bonds is 5. The Morgan fingerprint density at radius 3 is 2.62 bits per heavy atom. The molecule has 0 fully saturated rings. The first-order valence-electron chi connectivity index (χ1n) is 8.74. The molecule has 4 rings (SSSR count). The van der Waals surface area contributed by atoms with Gasteiger partial charge in [0.2, 0.25) is 0 Å². The van der Waals surface area contributed by atoms with E-state index in [-0.39, 0.29) is 11.7 Å². The third-order valence-corrected chi connectivity index (χ3v) is 4.86. The summed E-state index contributed by atoms with van der Waals surface area (Å²) in [4.78, 5) is 25.5. The summed E-state index contributed by atoms with van der Waals surface area (Å²) in [5.41, 5.74) is 2.55. The van der Waals surface area contributed by atoms with E-state index in [9.17, 15) is 9.90 Å². The summed E-state index contributed by atoms with van der Waals surface area (Å²) < 4.78 is 1.93. The Kier molecular flexibility index (Phi) is 5.26. The number of benzene rings is 2. The minimum atomic E-state index is -0.258. The van der Waals surface area contributed by atoms with Crippen molar-refractivity contribution in [2.75, 3.05) is 11.6 Å². The van der Waals surface area contributed by atoms with E-state index in [2.05, 4.69) is 20.3 Å². The Labute approximate surface area is 171 Å². The number of amides is 1. The zero-order chi connectivity index (χ0) is 20.2. The molecule has 0 atom stereocenters. The Hall–Kier alpha value is -3.65. The SMILES string of the molecule is CSc1nccn1-c1cccc(C(=O)Nc2cnc(-c3cccc(O)c3)nc2)c1. The van der Waals surface area contributed by atoms with Crippen LogP contribution in [0.1, 0.15) is 10.4 Å². The number of carbonyl (C=O) groups excluding carboxylic acids is 1. The Bertz CT molecular complexity index is 1160. The Morgan fingerprint density at radius 1 is 1.07 bits per heavy atom. The van der Waals surface area contributed by atoms with Crippen LogP contribution in [0.3, 0.4) is 0 Å². The minimum Gasteiger partial charge on any atom is -0.508 e. The molecule has 29 heavy (non-hydrogen) atoms. The van der Waals surface area contributed by atoms with E-state index in [1.54, 1.807) is 42.6 Å². The lowest BCUT2D eigenvalue weighted by Gasteiger charge is -2.09. The third kappa shape index (κ3) is 4.12. The molecule has 7 nitrogen and oxygen atoms in total. The summed E-state index contributed by atoms with van der Waals surface area (Å²) in [6.45, 7) is 0. The Balaban J connectivity index is 1.52. The van der Waals surface area contributed by atoms with E-state index in [1.165, 1.54) is 24.2 Å². The van der Waals surface area contributed by atoms with Crippen LogP contribution in [0.2, 0.25) is 0 Å². The number of phenolic OH excluding ortho intramolecular Hbond substituents is 1. The van der Waals surface area contributed by atoms with E-state index in [1.807, 2.05) is 29.2 Å². The largest absolute Gasteiger partial charge is 0.508 e. The molecule has 144 valence electrons. The zero-order valence-corrected chi connectivity index (χ0v) is 16.3. The molecule has 1 amide bonds. The molecule has 8 heteroatoms. The van der Waals surface area contributed by atoms with Crippen LogP contribution >= 0.6 is 11.8 Å². The van der Waals surface area contributed by atoms with Crippen LogP contribution < -0.4 is 5.32 Å². The molecule has 0 spiro atoms. The molecule has 0 saturated heterocycles. The van der Waals surface area contributed by atoms with Gasteiger partial charge in [-0.05, 0) is 36.6 Å². The topological polar surface area (TPSA) is 92.9 Å². The lowest BCUT2D eigenvalue weighted by Crippen LogP contribution is -2.13. The molecule has 0 aliphatic carbocycles. The van der Waals surface area contributed by atoms with Crippen LogP contribution in [-0.4, -0.2) is 36.8 Å². The van der Waals surface area contributed by atoms with Gasteiger partial charge in [0.15, 0.2) is 11.0 Å². The fraction of sp³-hybridized carbons (Fsp3) is 0.0476. The predicted octanol–water partition coefficient (Wildman–Crippen LogP) is 4.01. The van der Waals surface area contributed by atoms with Gasteiger partial charge in [0, 0.05) is 29.2 Å². The first-order chi connectivity index (χ1) is 14.1. The van der Waals surface area contributed by atoms with Crippen LogP contribution in [0.5, 0.6) is 5.75 Å². The molecule has 2 N–H and O–H groups in total. The molecule has 2 aromatic heterocycles. The average Bonchev–Trinajstić information content (AvgIpc) is 3.23. The molecule has 0 saturated carbocycles. The van der Waals surface area contributed by atoms with Gasteiger partial charge in [-0.15, -0.1) is 0 Å².